The lowest BCUT2D eigenvalue weighted by Crippen LogP contribution is -2.38. The number of hydrogen-bond donors (Lipinski definition) is 2. The molecule has 1 aromatic carbocycles. The number of ether oxygens (including phenoxy) is 2. The molecule has 2 aromatic heterocycles. The van der Waals surface area contributed by atoms with Gasteiger partial charge >= 0.3 is 0 Å². The first-order valence-corrected chi connectivity index (χ1v) is 13.0. The number of carbonyl (C=O) groups is 1. The second-order valence-electron chi connectivity index (χ2n) is 9.76. The summed E-state index contributed by atoms with van der Waals surface area (Å²) >= 11 is 0. The van der Waals surface area contributed by atoms with Gasteiger partial charge in [-0.25, -0.2) is 4.98 Å². The van der Waals surface area contributed by atoms with Gasteiger partial charge in [-0.05, 0) is 55.5 Å². The Hall–Kier alpha value is -3.50. The molecule has 0 radical (unpaired) electrons. The quantitative estimate of drug-likeness (QED) is 0.387. The molecule has 0 bridgehead atoms. The molecule has 10 nitrogen and oxygen atoms in total. The van der Waals surface area contributed by atoms with Gasteiger partial charge in [0, 0.05) is 42.4 Å². The minimum atomic E-state index is -0.898. The van der Waals surface area contributed by atoms with E-state index in [0.29, 0.717) is 35.7 Å². The van der Waals surface area contributed by atoms with Crippen molar-refractivity contribution in [2.24, 2.45) is 0 Å². The van der Waals surface area contributed by atoms with E-state index in [4.69, 9.17) is 19.1 Å². The molecule has 1 fully saturated rings. The molecule has 4 rings (SSSR count). The maximum atomic E-state index is 11.5. The van der Waals surface area contributed by atoms with Gasteiger partial charge in [-0.15, -0.1) is 0 Å². The first kappa shape index (κ1) is 27.5. The fraction of sp³-hybridized carbons (Fsp3) is 0.500. The Labute approximate surface area is 222 Å². The maximum Gasteiger partial charge on any atom is 0.258 e. The van der Waals surface area contributed by atoms with Crippen molar-refractivity contribution in [3.05, 3.63) is 41.1 Å². The Bertz CT molecular complexity index is 1250. The van der Waals surface area contributed by atoms with Crippen LogP contribution >= 0.6 is 0 Å². The van der Waals surface area contributed by atoms with Crippen molar-refractivity contribution in [1.29, 1.82) is 0 Å². The van der Waals surface area contributed by atoms with E-state index in [2.05, 4.69) is 15.1 Å². The minimum absolute atomic E-state index is 0.00972. The predicted molar refractivity (Wildman–Crippen MR) is 141 cm³/mol. The molecule has 1 aliphatic rings. The van der Waals surface area contributed by atoms with E-state index < -0.39 is 18.6 Å². The number of carbonyl (C=O) groups excluding carboxylic acids is 1. The van der Waals surface area contributed by atoms with Crippen LogP contribution in [-0.2, 0) is 11.2 Å². The first-order valence-electron chi connectivity index (χ1n) is 13.0. The maximum absolute atomic E-state index is 11.5. The third kappa shape index (κ3) is 6.31. The number of aromatic nitrogens is 3. The van der Waals surface area contributed by atoms with Crippen LogP contribution in [0.4, 0.5) is 0 Å². The Morgan fingerprint density at radius 2 is 1.95 bits per heavy atom. The summed E-state index contributed by atoms with van der Waals surface area (Å²) in [6.45, 7) is 3.42. The average Bonchev–Trinajstić information content (AvgIpc) is 3.64. The first-order chi connectivity index (χ1) is 18.3. The van der Waals surface area contributed by atoms with E-state index in [1.165, 1.54) is 24.8 Å². The number of nitrogens with zero attached hydrogens (tertiary/aromatic N) is 4. The Morgan fingerprint density at radius 1 is 1.18 bits per heavy atom. The topological polar surface area (TPSA) is 131 Å². The summed E-state index contributed by atoms with van der Waals surface area (Å²) in [5.41, 5.74) is 4.38. The fourth-order valence-corrected chi connectivity index (χ4v) is 4.86. The molecular weight excluding hydrogens is 488 g/mol. The normalized spacial score (nSPS) is 14.5. The zero-order chi connectivity index (χ0) is 27.2. The van der Waals surface area contributed by atoms with E-state index in [-0.39, 0.29) is 13.2 Å². The Balaban J connectivity index is 1.53. The SMILES string of the molecule is CCc1cc(-c2noc(-c3cc(OC)nc(C4CCCC4)c3)n2)cc(C)c1OC[C@@H](O)CN(C)C(=O)CO. The van der Waals surface area contributed by atoms with Gasteiger partial charge in [-0.3, -0.25) is 4.79 Å². The van der Waals surface area contributed by atoms with Crippen LogP contribution in [0.3, 0.4) is 0 Å². The van der Waals surface area contributed by atoms with E-state index in [0.717, 1.165) is 40.8 Å². The highest BCUT2D eigenvalue weighted by molar-refractivity contribution is 5.76. The highest BCUT2D eigenvalue weighted by Crippen LogP contribution is 2.36. The lowest BCUT2D eigenvalue weighted by Gasteiger charge is -2.21. The molecule has 2 heterocycles. The second kappa shape index (κ2) is 12.4. The number of aryl methyl sites for hydroxylation is 2. The summed E-state index contributed by atoms with van der Waals surface area (Å²) in [5, 5.41) is 23.5. The van der Waals surface area contributed by atoms with Crippen LogP contribution in [0.15, 0.2) is 28.8 Å². The number of rotatable bonds is 11. The molecule has 3 aromatic rings. The van der Waals surface area contributed by atoms with Crippen LogP contribution in [0.1, 0.15) is 55.3 Å². The summed E-state index contributed by atoms with van der Waals surface area (Å²) in [6, 6.07) is 7.72. The molecule has 0 unspecified atom stereocenters. The molecule has 204 valence electrons. The van der Waals surface area contributed by atoms with Gasteiger partial charge in [0.2, 0.25) is 17.6 Å². The molecule has 10 heteroatoms. The molecule has 1 atom stereocenters. The number of benzene rings is 1. The number of aliphatic hydroxyl groups excluding tert-OH is 2. The highest BCUT2D eigenvalue weighted by Gasteiger charge is 2.22. The van der Waals surface area contributed by atoms with Crippen molar-refractivity contribution in [2.45, 2.75) is 58.0 Å². The molecule has 0 saturated heterocycles. The fourth-order valence-electron chi connectivity index (χ4n) is 4.86. The number of hydrogen-bond acceptors (Lipinski definition) is 9. The van der Waals surface area contributed by atoms with Crippen molar-refractivity contribution in [1.82, 2.24) is 20.0 Å². The highest BCUT2D eigenvalue weighted by atomic mass is 16.5. The van der Waals surface area contributed by atoms with E-state index in [1.54, 1.807) is 7.11 Å². The molecular formula is C28H36N4O6. The third-order valence-electron chi connectivity index (χ3n) is 6.93. The van der Waals surface area contributed by atoms with Crippen LogP contribution in [-0.4, -0.2) is 76.2 Å². The lowest BCUT2D eigenvalue weighted by atomic mass is 10.0. The Morgan fingerprint density at radius 3 is 2.63 bits per heavy atom. The summed E-state index contributed by atoms with van der Waals surface area (Å²) in [7, 11) is 3.13. The van der Waals surface area contributed by atoms with Gasteiger partial charge in [0.15, 0.2) is 0 Å². The number of methoxy groups -OCH3 is 1. The number of amides is 1. The van der Waals surface area contributed by atoms with Crippen LogP contribution in [0.25, 0.3) is 22.8 Å². The van der Waals surface area contributed by atoms with Crippen molar-refractivity contribution >= 4 is 5.91 Å². The van der Waals surface area contributed by atoms with Crippen LogP contribution < -0.4 is 9.47 Å². The second-order valence-corrected chi connectivity index (χ2v) is 9.76. The van der Waals surface area contributed by atoms with Gasteiger partial charge in [-0.1, -0.05) is 24.9 Å². The Kier molecular flexibility index (Phi) is 8.96. The van der Waals surface area contributed by atoms with Crippen LogP contribution in [0.5, 0.6) is 11.6 Å². The van der Waals surface area contributed by atoms with Crippen molar-refractivity contribution in [3.63, 3.8) is 0 Å². The van der Waals surface area contributed by atoms with Gasteiger partial charge in [0.05, 0.1) is 7.11 Å². The minimum Gasteiger partial charge on any atom is -0.490 e. The monoisotopic (exact) mass is 524 g/mol. The molecule has 1 aliphatic carbocycles. The largest absolute Gasteiger partial charge is 0.490 e. The smallest absolute Gasteiger partial charge is 0.258 e. The zero-order valence-electron chi connectivity index (χ0n) is 22.4. The molecule has 38 heavy (non-hydrogen) atoms. The number of likely N-dealkylation sites (N-methyl/N-ethyl adjacent to an activating group) is 1. The lowest BCUT2D eigenvalue weighted by molar-refractivity contribution is -0.134. The van der Waals surface area contributed by atoms with Gasteiger partial charge < -0.3 is 29.1 Å². The van der Waals surface area contributed by atoms with E-state index in [9.17, 15) is 9.90 Å². The van der Waals surface area contributed by atoms with Crippen LogP contribution in [0.2, 0.25) is 0 Å². The van der Waals surface area contributed by atoms with E-state index in [1.807, 2.05) is 38.1 Å². The van der Waals surface area contributed by atoms with Gasteiger partial charge in [-0.2, -0.15) is 4.98 Å². The molecule has 0 spiro atoms. The van der Waals surface area contributed by atoms with Crippen molar-refractivity contribution in [3.8, 4) is 34.5 Å². The number of pyridine rings is 1. The van der Waals surface area contributed by atoms with Crippen LogP contribution in [0, 0.1) is 6.92 Å². The third-order valence-corrected chi connectivity index (χ3v) is 6.93. The van der Waals surface area contributed by atoms with Gasteiger partial charge in [0.25, 0.3) is 5.89 Å². The van der Waals surface area contributed by atoms with Crippen molar-refractivity contribution in [2.75, 3.05) is 33.9 Å². The zero-order valence-corrected chi connectivity index (χ0v) is 22.4. The summed E-state index contributed by atoms with van der Waals surface area (Å²) in [4.78, 5) is 22.1. The standard InChI is InChI=1S/C28H36N4O6/c1-5-18-11-20(10-17(2)26(18)37-16-22(34)14-32(3)25(35)15-33)27-30-28(38-31-27)21-12-23(19-8-6-7-9-19)29-24(13-21)36-4/h10-13,19,22,33-34H,5-9,14-16H2,1-4H3/t22-/m0/s1. The summed E-state index contributed by atoms with van der Waals surface area (Å²) in [5.74, 6) is 2.03. The molecule has 1 amide bonds. The molecule has 0 aliphatic heterocycles. The molecule has 2 N–H and O–H groups in total. The predicted octanol–water partition coefficient (Wildman–Crippen LogP) is 3.53. The van der Waals surface area contributed by atoms with Crippen molar-refractivity contribution < 1.29 is 29.0 Å². The van der Waals surface area contributed by atoms with E-state index >= 15 is 0 Å². The number of aliphatic hydroxyl groups is 2. The van der Waals surface area contributed by atoms with Gasteiger partial charge in [0.1, 0.15) is 25.1 Å². The summed E-state index contributed by atoms with van der Waals surface area (Å²) < 4.78 is 17.0. The molecule has 1 saturated carbocycles. The average molecular weight is 525 g/mol. The summed E-state index contributed by atoms with van der Waals surface area (Å²) in [6.07, 6.45) is 4.46.